The molecule has 5 heteroatoms. The SMILES string of the molecule is CCc1c(NC(=O)OC(C)(C)C)noc1C. The number of rotatable bonds is 2. The lowest BCUT2D eigenvalue weighted by Gasteiger charge is -2.19. The van der Waals surface area contributed by atoms with Crippen molar-refractivity contribution >= 4 is 11.9 Å². The minimum absolute atomic E-state index is 0.439. The van der Waals surface area contributed by atoms with Gasteiger partial charge in [0.2, 0.25) is 0 Å². The molecular weight excluding hydrogens is 208 g/mol. The molecule has 90 valence electrons. The van der Waals surface area contributed by atoms with Crippen LogP contribution in [0.4, 0.5) is 10.6 Å². The van der Waals surface area contributed by atoms with E-state index in [2.05, 4.69) is 10.5 Å². The summed E-state index contributed by atoms with van der Waals surface area (Å²) < 4.78 is 10.1. The van der Waals surface area contributed by atoms with Gasteiger partial charge in [-0.25, -0.2) is 4.79 Å². The number of aryl methyl sites for hydroxylation is 1. The Balaban J connectivity index is 2.70. The zero-order valence-electron chi connectivity index (χ0n) is 10.4. The Morgan fingerprint density at radius 1 is 1.50 bits per heavy atom. The van der Waals surface area contributed by atoms with Gasteiger partial charge in [-0.15, -0.1) is 0 Å². The van der Waals surface area contributed by atoms with Crippen molar-refractivity contribution in [2.24, 2.45) is 0 Å². The summed E-state index contributed by atoms with van der Waals surface area (Å²) in [6.45, 7) is 9.20. The van der Waals surface area contributed by atoms with Crippen molar-refractivity contribution in [3.05, 3.63) is 11.3 Å². The molecule has 1 N–H and O–H groups in total. The highest BCUT2D eigenvalue weighted by Gasteiger charge is 2.19. The molecule has 1 rings (SSSR count). The van der Waals surface area contributed by atoms with Crippen LogP contribution in [0.1, 0.15) is 39.0 Å². The molecule has 0 spiro atoms. The Hall–Kier alpha value is -1.52. The second-order valence-corrected chi connectivity index (χ2v) is 4.55. The van der Waals surface area contributed by atoms with E-state index in [-0.39, 0.29) is 0 Å². The van der Waals surface area contributed by atoms with Gasteiger partial charge in [0.05, 0.1) is 0 Å². The number of nitrogens with one attached hydrogen (secondary N) is 1. The second-order valence-electron chi connectivity index (χ2n) is 4.55. The number of nitrogens with zero attached hydrogens (tertiary/aromatic N) is 1. The Kier molecular flexibility index (Phi) is 3.57. The lowest BCUT2D eigenvalue weighted by molar-refractivity contribution is 0.0634. The van der Waals surface area contributed by atoms with Gasteiger partial charge >= 0.3 is 6.09 Å². The fourth-order valence-electron chi connectivity index (χ4n) is 1.31. The molecule has 0 atom stereocenters. The average molecular weight is 226 g/mol. The van der Waals surface area contributed by atoms with Gasteiger partial charge < -0.3 is 9.26 Å². The van der Waals surface area contributed by atoms with Gasteiger partial charge in [0.15, 0.2) is 5.82 Å². The third kappa shape index (κ3) is 3.25. The zero-order valence-corrected chi connectivity index (χ0v) is 10.4. The maximum Gasteiger partial charge on any atom is 0.413 e. The normalized spacial score (nSPS) is 11.3. The van der Waals surface area contributed by atoms with Crippen LogP contribution in [0.15, 0.2) is 4.52 Å². The third-order valence-corrected chi connectivity index (χ3v) is 1.96. The Morgan fingerprint density at radius 2 is 2.12 bits per heavy atom. The van der Waals surface area contributed by atoms with Crippen molar-refractivity contribution in [1.82, 2.24) is 5.16 Å². The first kappa shape index (κ1) is 12.5. The highest BCUT2D eigenvalue weighted by atomic mass is 16.6. The summed E-state index contributed by atoms with van der Waals surface area (Å²) in [6.07, 6.45) is 0.232. The van der Waals surface area contributed by atoms with E-state index in [1.54, 1.807) is 20.8 Å². The smallest absolute Gasteiger partial charge is 0.413 e. The first-order valence-electron chi connectivity index (χ1n) is 5.28. The molecule has 1 heterocycles. The van der Waals surface area contributed by atoms with Crippen LogP contribution in [0.2, 0.25) is 0 Å². The molecule has 0 unspecified atom stereocenters. The third-order valence-electron chi connectivity index (χ3n) is 1.96. The second kappa shape index (κ2) is 4.55. The fourth-order valence-corrected chi connectivity index (χ4v) is 1.31. The van der Waals surface area contributed by atoms with Crippen LogP contribution in [0.3, 0.4) is 0 Å². The molecular formula is C11H18N2O3. The quantitative estimate of drug-likeness (QED) is 0.842. The number of hydrogen-bond acceptors (Lipinski definition) is 4. The molecule has 0 radical (unpaired) electrons. The molecule has 16 heavy (non-hydrogen) atoms. The number of hydrogen-bond donors (Lipinski definition) is 1. The molecule has 0 aromatic carbocycles. The van der Waals surface area contributed by atoms with Gasteiger partial charge in [-0.2, -0.15) is 0 Å². The van der Waals surface area contributed by atoms with Crippen molar-refractivity contribution in [3.8, 4) is 0 Å². The molecule has 1 amide bonds. The lowest BCUT2D eigenvalue weighted by atomic mass is 10.2. The van der Waals surface area contributed by atoms with Crippen molar-refractivity contribution < 1.29 is 14.1 Å². The Labute approximate surface area is 95.1 Å². The van der Waals surface area contributed by atoms with Crippen LogP contribution in [0.5, 0.6) is 0 Å². The number of carbonyl (C=O) groups is 1. The van der Waals surface area contributed by atoms with E-state index in [0.29, 0.717) is 11.6 Å². The minimum Gasteiger partial charge on any atom is -0.444 e. The van der Waals surface area contributed by atoms with Gasteiger partial charge in [-0.1, -0.05) is 12.1 Å². The molecule has 0 aliphatic carbocycles. The van der Waals surface area contributed by atoms with E-state index in [4.69, 9.17) is 9.26 Å². The molecule has 5 nitrogen and oxygen atoms in total. The van der Waals surface area contributed by atoms with E-state index < -0.39 is 11.7 Å². The minimum atomic E-state index is -0.519. The predicted molar refractivity (Wildman–Crippen MR) is 60.5 cm³/mol. The predicted octanol–water partition coefficient (Wildman–Crippen LogP) is 2.89. The van der Waals surface area contributed by atoms with Crippen LogP contribution < -0.4 is 5.32 Å². The molecule has 1 aromatic rings. The van der Waals surface area contributed by atoms with Crippen LogP contribution in [0.25, 0.3) is 0 Å². The van der Waals surface area contributed by atoms with Crippen LogP contribution in [-0.4, -0.2) is 16.9 Å². The number of aromatic nitrogens is 1. The molecule has 0 bridgehead atoms. The Bertz CT molecular complexity index is 377. The first-order chi connectivity index (χ1) is 7.33. The fraction of sp³-hybridized carbons (Fsp3) is 0.636. The highest BCUT2D eigenvalue weighted by molar-refractivity contribution is 5.84. The number of amides is 1. The largest absolute Gasteiger partial charge is 0.444 e. The summed E-state index contributed by atoms with van der Waals surface area (Å²) in [7, 11) is 0. The topological polar surface area (TPSA) is 64.4 Å². The zero-order chi connectivity index (χ0) is 12.3. The number of anilines is 1. The summed E-state index contributed by atoms with van der Waals surface area (Å²) >= 11 is 0. The van der Waals surface area contributed by atoms with Gasteiger partial charge in [-0.3, -0.25) is 5.32 Å². The molecule has 0 fully saturated rings. The molecule has 0 saturated heterocycles. The van der Waals surface area contributed by atoms with Gasteiger partial charge in [-0.05, 0) is 34.1 Å². The Morgan fingerprint density at radius 3 is 2.62 bits per heavy atom. The van der Waals surface area contributed by atoms with Crippen molar-refractivity contribution in [3.63, 3.8) is 0 Å². The van der Waals surface area contributed by atoms with Crippen molar-refractivity contribution in [2.75, 3.05) is 5.32 Å². The van der Waals surface area contributed by atoms with E-state index in [1.807, 2.05) is 13.8 Å². The van der Waals surface area contributed by atoms with Crippen molar-refractivity contribution in [2.45, 2.75) is 46.6 Å². The van der Waals surface area contributed by atoms with Crippen molar-refractivity contribution in [1.29, 1.82) is 0 Å². The first-order valence-corrected chi connectivity index (χ1v) is 5.28. The molecule has 0 aliphatic rings. The maximum atomic E-state index is 11.5. The van der Waals surface area contributed by atoms with Gasteiger partial charge in [0, 0.05) is 5.56 Å². The molecule has 0 aliphatic heterocycles. The lowest BCUT2D eigenvalue weighted by Crippen LogP contribution is -2.27. The molecule has 0 saturated carbocycles. The summed E-state index contributed by atoms with van der Waals surface area (Å²) in [5, 5.41) is 6.34. The maximum absolute atomic E-state index is 11.5. The van der Waals surface area contributed by atoms with E-state index in [9.17, 15) is 4.79 Å². The summed E-state index contributed by atoms with van der Waals surface area (Å²) in [4.78, 5) is 11.5. The van der Waals surface area contributed by atoms with Crippen LogP contribution in [0, 0.1) is 6.92 Å². The number of ether oxygens (including phenoxy) is 1. The van der Waals surface area contributed by atoms with Gasteiger partial charge in [0.25, 0.3) is 0 Å². The number of carbonyl (C=O) groups excluding carboxylic acids is 1. The van der Waals surface area contributed by atoms with E-state index in [0.717, 1.165) is 12.0 Å². The summed E-state index contributed by atoms with van der Waals surface area (Å²) in [5.41, 5.74) is 0.376. The highest BCUT2D eigenvalue weighted by Crippen LogP contribution is 2.19. The van der Waals surface area contributed by atoms with Crippen LogP contribution in [-0.2, 0) is 11.2 Å². The van der Waals surface area contributed by atoms with E-state index >= 15 is 0 Å². The average Bonchev–Trinajstić information content (AvgIpc) is 2.43. The molecule has 1 aromatic heterocycles. The standard InChI is InChI=1S/C11H18N2O3/c1-6-8-7(2)16-13-9(8)12-10(14)15-11(3,4)5/h6H2,1-5H3,(H,12,13,14). The summed E-state index contributed by atoms with van der Waals surface area (Å²) in [5.74, 6) is 1.16. The monoisotopic (exact) mass is 226 g/mol. The van der Waals surface area contributed by atoms with Gasteiger partial charge in [0.1, 0.15) is 11.4 Å². The van der Waals surface area contributed by atoms with E-state index in [1.165, 1.54) is 0 Å². The van der Waals surface area contributed by atoms with Crippen LogP contribution >= 0.6 is 0 Å². The summed E-state index contributed by atoms with van der Waals surface area (Å²) in [6, 6.07) is 0.